The van der Waals surface area contributed by atoms with Crippen molar-refractivity contribution in [2.45, 2.75) is 20.3 Å². The van der Waals surface area contributed by atoms with Gasteiger partial charge in [0.25, 0.3) is 0 Å². The molecule has 96 valence electrons. The molecule has 0 heterocycles. The summed E-state index contributed by atoms with van der Waals surface area (Å²) in [5.74, 6) is -1.76. The number of carbonyl (C=O) groups excluding carboxylic acids is 1. The van der Waals surface area contributed by atoms with E-state index in [1.165, 1.54) is 19.1 Å². The number of carbonyl (C=O) groups is 2. The third kappa shape index (κ3) is 4.01. The Bertz CT molecular complexity index is 509. The van der Waals surface area contributed by atoms with Crippen LogP contribution in [0.25, 0.3) is 0 Å². The van der Waals surface area contributed by atoms with Gasteiger partial charge in [0.05, 0.1) is 0 Å². The van der Waals surface area contributed by atoms with Crippen molar-refractivity contribution in [3.63, 3.8) is 0 Å². The highest BCUT2D eigenvalue weighted by Gasteiger charge is 2.07. The van der Waals surface area contributed by atoms with Crippen LogP contribution in [0.4, 0.5) is 10.1 Å². The molecule has 1 aromatic rings. The van der Waals surface area contributed by atoms with E-state index in [2.05, 4.69) is 5.32 Å². The molecular formula is C13H14FNO3. The minimum atomic E-state index is -1.05. The van der Waals surface area contributed by atoms with Gasteiger partial charge in [0.1, 0.15) is 5.82 Å². The second-order valence-corrected chi connectivity index (χ2v) is 3.88. The Hall–Kier alpha value is -2.17. The Morgan fingerprint density at radius 2 is 2.11 bits per heavy atom. The van der Waals surface area contributed by atoms with Crippen LogP contribution in [0.1, 0.15) is 18.1 Å². The van der Waals surface area contributed by atoms with E-state index in [1.54, 1.807) is 13.0 Å². The Morgan fingerprint density at radius 1 is 1.44 bits per heavy atom. The van der Waals surface area contributed by atoms with Crippen LogP contribution >= 0.6 is 0 Å². The quantitative estimate of drug-likeness (QED) is 0.807. The lowest BCUT2D eigenvalue weighted by Gasteiger charge is -2.10. The van der Waals surface area contributed by atoms with Crippen molar-refractivity contribution in [2.24, 2.45) is 0 Å². The molecule has 0 unspecified atom stereocenters. The maximum Gasteiger partial charge on any atom is 0.327 e. The van der Waals surface area contributed by atoms with Gasteiger partial charge < -0.3 is 10.4 Å². The van der Waals surface area contributed by atoms with Crippen molar-refractivity contribution in [3.05, 3.63) is 41.2 Å². The highest BCUT2D eigenvalue weighted by atomic mass is 19.1. The summed E-state index contributed by atoms with van der Waals surface area (Å²) in [6.07, 6.45) is 2.76. The number of benzene rings is 1. The van der Waals surface area contributed by atoms with Crippen LogP contribution in [0.3, 0.4) is 0 Å². The Labute approximate surface area is 104 Å². The Morgan fingerprint density at radius 3 is 2.67 bits per heavy atom. The first-order valence-electron chi connectivity index (χ1n) is 5.36. The van der Waals surface area contributed by atoms with Gasteiger partial charge >= 0.3 is 5.97 Å². The van der Waals surface area contributed by atoms with Crippen molar-refractivity contribution in [2.75, 3.05) is 5.32 Å². The monoisotopic (exact) mass is 251 g/mol. The van der Waals surface area contributed by atoms with Crippen molar-refractivity contribution >= 4 is 17.6 Å². The fourth-order valence-electron chi connectivity index (χ4n) is 1.50. The lowest BCUT2D eigenvalue weighted by Crippen LogP contribution is -2.09. The van der Waals surface area contributed by atoms with Crippen LogP contribution in [-0.2, 0) is 16.0 Å². The molecular weight excluding hydrogens is 237 g/mol. The lowest BCUT2D eigenvalue weighted by atomic mass is 10.1. The smallest absolute Gasteiger partial charge is 0.327 e. The van der Waals surface area contributed by atoms with Gasteiger partial charge in [0, 0.05) is 18.7 Å². The van der Waals surface area contributed by atoms with E-state index >= 15 is 0 Å². The maximum absolute atomic E-state index is 13.4. The van der Waals surface area contributed by atoms with E-state index in [9.17, 15) is 14.0 Å². The van der Waals surface area contributed by atoms with Crippen LogP contribution in [0, 0.1) is 12.7 Å². The van der Waals surface area contributed by atoms with Crippen molar-refractivity contribution in [1.82, 2.24) is 0 Å². The van der Waals surface area contributed by atoms with Gasteiger partial charge in [0.15, 0.2) is 0 Å². The average molecular weight is 251 g/mol. The topological polar surface area (TPSA) is 66.4 Å². The Balaban J connectivity index is 3.03. The Kier molecular flexibility index (Phi) is 4.59. The van der Waals surface area contributed by atoms with Gasteiger partial charge in [-0.1, -0.05) is 12.1 Å². The predicted molar refractivity (Wildman–Crippen MR) is 65.9 cm³/mol. The zero-order chi connectivity index (χ0) is 13.7. The number of carboxylic acids is 1. The molecule has 0 aliphatic carbocycles. The third-order valence-corrected chi connectivity index (χ3v) is 2.29. The zero-order valence-corrected chi connectivity index (χ0v) is 10.2. The number of nitrogens with one attached hydrogen (secondary N) is 1. The first kappa shape index (κ1) is 13.9. The van der Waals surface area contributed by atoms with E-state index in [-0.39, 0.29) is 5.91 Å². The van der Waals surface area contributed by atoms with Crippen LogP contribution in [0.2, 0.25) is 0 Å². The molecule has 0 aromatic heterocycles. The number of hydrogen-bond acceptors (Lipinski definition) is 2. The molecule has 0 fully saturated rings. The molecule has 18 heavy (non-hydrogen) atoms. The number of aliphatic carboxylic acids is 1. The second-order valence-electron chi connectivity index (χ2n) is 3.88. The molecule has 0 bridgehead atoms. The van der Waals surface area contributed by atoms with Crippen LogP contribution < -0.4 is 5.32 Å². The first-order chi connectivity index (χ1) is 8.40. The molecule has 0 atom stereocenters. The summed E-state index contributed by atoms with van der Waals surface area (Å²) in [6.45, 7) is 2.94. The van der Waals surface area contributed by atoms with Gasteiger partial charge in [-0.3, -0.25) is 4.79 Å². The summed E-state index contributed by atoms with van der Waals surface area (Å²) in [5, 5.41) is 11.0. The lowest BCUT2D eigenvalue weighted by molar-refractivity contribution is -0.131. The molecule has 2 N–H and O–H groups in total. The number of carboxylic acid groups (broad SMARTS) is 1. The van der Waals surface area contributed by atoms with Gasteiger partial charge in [0.2, 0.25) is 5.91 Å². The van der Waals surface area contributed by atoms with Crippen molar-refractivity contribution in [1.29, 1.82) is 0 Å². The largest absolute Gasteiger partial charge is 0.478 e. The highest BCUT2D eigenvalue weighted by molar-refractivity contribution is 5.89. The fourth-order valence-corrected chi connectivity index (χ4v) is 1.50. The normalized spacial score (nSPS) is 10.6. The second kappa shape index (κ2) is 5.95. The molecule has 1 aromatic carbocycles. The van der Waals surface area contributed by atoms with E-state index in [1.807, 2.05) is 0 Å². The van der Waals surface area contributed by atoms with E-state index in [4.69, 9.17) is 5.11 Å². The van der Waals surface area contributed by atoms with Crippen molar-refractivity contribution < 1.29 is 19.1 Å². The summed E-state index contributed by atoms with van der Waals surface area (Å²) in [4.78, 5) is 21.4. The number of rotatable bonds is 4. The van der Waals surface area contributed by atoms with E-state index in [0.717, 1.165) is 6.08 Å². The average Bonchev–Trinajstić information content (AvgIpc) is 2.23. The van der Waals surface area contributed by atoms with Crippen LogP contribution in [0.15, 0.2) is 24.3 Å². The number of hydrogen-bond donors (Lipinski definition) is 2. The SMILES string of the molecule is CC(=O)Nc1cc(F)c(C)cc1CC=CC(=O)O. The summed E-state index contributed by atoms with van der Waals surface area (Å²) < 4.78 is 13.4. The predicted octanol–water partition coefficient (Wildman–Crippen LogP) is 2.28. The summed E-state index contributed by atoms with van der Waals surface area (Å²) in [5.41, 5.74) is 1.48. The summed E-state index contributed by atoms with van der Waals surface area (Å²) in [7, 11) is 0. The van der Waals surface area contributed by atoms with Gasteiger partial charge in [-0.05, 0) is 30.5 Å². The van der Waals surface area contributed by atoms with E-state index in [0.29, 0.717) is 23.2 Å². The van der Waals surface area contributed by atoms with Gasteiger partial charge in [-0.2, -0.15) is 0 Å². The summed E-state index contributed by atoms with van der Waals surface area (Å²) >= 11 is 0. The molecule has 0 saturated carbocycles. The minimum Gasteiger partial charge on any atom is -0.478 e. The molecule has 0 saturated heterocycles. The maximum atomic E-state index is 13.4. The van der Waals surface area contributed by atoms with E-state index < -0.39 is 11.8 Å². The first-order valence-corrected chi connectivity index (χ1v) is 5.36. The summed E-state index contributed by atoms with van der Waals surface area (Å²) in [6, 6.07) is 2.83. The molecule has 4 nitrogen and oxygen atoms in total. The molecule has 1 rings (SSSR count). The number of anilines is 1. The zero-order valence-electron chi connectivity index (χ0n) is 10.2. The molecule has 5 heteroatoms. The van der Waals surface area contributed by atoms with Gasteiger partial charge in [-0.15, -0.1) is 0 Å². The number of halogens is 1. The van der Waals surface area contributed by atoms with Crippen LogP contribution in [0.5, 0.6) is 0 Å². The number of aryl methyl sites for hydroxylation is 1. The molecule has 0 aliphatic rings. The molecule has 0 radical (unpaired) electrons. The van der Waals surface area contributed by atoms with Crippen LogP contribution in [-0.4, -0.2) is 17.0 Å². The number of amides is 1. The van der Waals surface area contributed by atoms with Crippen molar-refractivity contribution in [3.8, 4) is 0 Å². The molecule has 1 amide bonds. The third-order valence-electron chi connectivity index (χ3n) is 2.29. The molecule has 0 spiro atoms. The standard InChI is InChI=1S/C13H14FNO3/c1-8-6-10(4-3-5-13(17)18)12(7-11(8)14)15-9(2)16/h3,5-7H,4H2,1-2H3,(H,15,16)(H,17,18). The fraction of sp³-hybridized carbons (Fsp3) is 0.231. The number of allylic oxidation sites excluding steroid dienone is 1. The highest BCUT2D eigenvalue weighted by Crippen LogP contribution is 2.21. The minimum absolute atomic E-state index is 0.304. The molecule has 0 aliphatic heterocycles. The van der Waals surface area contributed by atoms with Gasteiger partial charge in [-0.25, -0.2) is 9.18 Å².